The number of piperidine rings is 1. The van der Waals surface area contributed by atoms with Crippen molar-refractivity contribution in [1.82, 2.24) is 9.29 Å². The number of aliphatic hydroxyl groups excluding tert-OH is 1. The number of aliphatic hydroxyl groups is 1. The zero-order valence-corrected chi connectivity index (χ0v) is 12.2. The summed E-state index contributed by atoms with van der Waals surface area (Å²) in [6.45, 7) is 1.17. The maximum absolute atomic E-state index is 12.7. The minimum atomic E-state index is -3.55. The fourth-order valence-corrected chi connectivity index (χ4v) is 4.35. The molecule has 0 radical (unpaired) electrons. The van der Waals surface area contributed by atoms with E-state index in [0.717, 1.165) is 12.8 Å². The molecule has 0 spiro atoms. The summed E-state index contributed by atoms with van der Waals surface area (Å²) in [6, 6.07) is 3.17. The Morgan fingerprint density at radius 3 is 3.00 bits per heavy atom. The van der Waals surface area contributed by atoms with E-state index in [0.29, 0.717) is 25.2 Å². The molecule has 0 bridgehead atoms. The summed E-state index contributed by atoms with van der Waals surface area (Å²) in [7, 11) is -3.55. The highest BCUT2D eigenvalue weighted by molar-refractivity contribution is 7.89. The molecule has 6 nitrogen and oxygen atoms in total. The molecule has 1 aliphatic heterocycles. The van der Waals surface area contributed by atoms with Crippen LogP contribution in [0.2, 0.25) is 0 Å². The molecule has 112 valence electrons. The predicted molar refractivity (Wildman–Crippen MR) is 75.3 cm³/mol. The number of sulfonamides is 1. The molecule has 7 heteroatoms. The molecule has 20 heavy (non-hydrogen) atoms. The van der Waals surface area contributed by atoms with E-state index in [1.807, 2.05) is 0 Å². The number of pyridine rings is 1. The summed E-state index contributed by atoms with van der Waals surface area (Å²) >= 11 is 0. The van der Waals surface area contributed by atoms with Crippen LogP contribution in [0.15, 0.2) is 23.2 Å². The lowest BCUT2D eigenvalue weighted by molar-refractivity contribution is 0.203. The summed E-state index contributed by atoms with van der Waals surface area (Å²) in [4.78, 5) is 4.24. The minimum Gasteiger partial charge on any atom is -0.396 e. The molecule has 1 saturated heterocycles. The van der Waals surface area contributed by atoms with Crippen molar-refractivity contribution in [2.45, 2.75) is 30.7 Å². The van der Waals surface area contributed by atoms with Crippen LogP contribution in [0.3, 0.4) is 0 Å². The third kappa shape index (κ3) is 3.17. The van der Waals surface area contributed by atoms with Gasteiger partial charge in [0.25, 0.3) is 0 Å². The van der Waals surface area contributed by atoms with Crippen molar-refractivity contribution in [2.24, 2.45) is 11.7 Å². The van der Waals surface area contributed by atoms with Crippen LogP contribution in [-0.4, -0.2) is 42.5 Å². The lowest BCUT2D eigenvalue weighted by Gasteiger charge is -2.32. The van der Waals surface area contributed by atoms with E-state index in [1.54, 1.807) is 18.3 Å². The fraction of sp³-hybridized carbons (Fsp3) is 0.615. The molecule has 1 aromatic rings. The molecule has 2 rings (SSSR count). The zero-order chi connectivity index (χ0) is 14.6. The van der Waals surface area contributed by atoms with Gasteiger partial charge in [0.15, 0.2) is 0 Å². The van der Waals surface area contributed by atoms with E-state index in [9.17, 15) is 8.42 Å². The summed E-state index contributed by atoms with van der Waals surface area (Å²) in [5.74, 6) is 0.224. The normalized spacial score (nSPS) is 21.0. The Hall–Kier alpha value is -1.02. The Balaban J connectivity index is 2.25. The number of hydrogen-bond donors (Lipinski definition) is 2. The average molecular weight is 299 g/mol. The van der Waals surface area contributed by atoms with Gasteiger partial charge in [-0.2, -0.15) is 4.31 Å². The van der Waals surface area contributed by atoms with Crippen LogP contribution in [0, 0.1) is 5.92 Å². The largest absolute Gasteiger partial charge is 0.396 e. The van der Waals surface area contributed by atoms with Crippen molar-refractivity contribution >= 4 is 10.0 Å². The molecule has 2 heterocycles. The molecule has 3 N–H and O–H groups in total. The number of nitrogens with two attached hydrogens (primary N) is 1. The van der Waals surface area contributed by atoms with Crippen LogP contribution in [0.4, 0.5) is 0 Å². The second-order valence-electron chi connectivity index (χ2n) is 5.04. The predicted octanol–water partition coefficient (Wildman–Crippen LogP) is 0.323. The van der Waals surface area contributed by atoms with E-state index in [-0.39, 0.29) is 24.0 Å². The first kappa shape index (κ1) is 15.4. The number of hydrogen-bond acceptors (Lipinski definition) is 5. The Morgan fingerprint density at radius 2 is 2.30 bits per heavy atom. The van der Waals surface area contributed by atoms with E-state index in [2.05, 4.69) is 4.98 Å². The van der Waals surface area contributed by atoms with Crippen molar-refractivity contribution in [3.8, 4) is 0 Å². The van der Waals surface area contributed by atoms with Gasteiger partial charge in [-0.05, 0) is 37.3 Å². The maximum atomic E-state index is 12.7. The van der Waals surface area contributed by atoms with Crippen LogP contribution in [-0.2, 0) is 16.6 Å². The monoisotopic (exact) mass is 299 g/mol. The first-order valence-corrected chi connectivity index (χ1v) is 8.28. The van der Waals surface area contributed by atoms with Crippen molar-refractivity contribution < 1.29 is 13.5 Å². The van der Waals surface area contributed by atoms with E-state index >= 15 is 0 Å². The molecule has 0 aliphatic carbocycles. The number of aromatic nitrogens is 1. The lowest BCUT2D eigenvalue weighted by Crippen LogP contribution is -2.40. The molecule has 1 aromatic heterocycles. The number of rotatable bonds is 5. The Kier molecular flexibility index (Phi) is 5.09. The molecule has 0 aromatic carbocycles. The van der Waals surface area contributed by atoms with Gasteiger partial charge in [-0.3, -0.25) is 4.98 Å². The van der Waals surface area contributed by atoms with Gasteiger partial charge in [0.05, 0.1) is 5.69 Å². The topological polar surface area (TPSA) is 96.5 Å². The molecule has 1 atom stereocenters. The van der Waals surface area contributed by atoms with Gasteiger partial charge < -0.3 is 10.8 Å². The van der Waals surface area contributed by atoms with Gasteiger partial charge in [-0.15, -0.1) is 0 Å². The average Bonchev–Trinajstić information content (AvgIpc) is 2.48. The first-order chi connectivity index (χ1) is 9.59. The summed E-state index contributed by atoms with van der Waals surface area (Å²) in [5, 5.41) is 9.01. The van der Waals surface area contributed by atoms with Gasteiger partial charge >= 0.3 is 0 Å². The molecule has 1 fully saturated rings. The van der Waals surface area contributed by atoms with Gasteiger partial charge in [0.1, 0.15) is 4.90 Å². The highest BCUT2D eigenvalue weighted by Crippen LogP contribution is 2.26. The Bertz CT molecular complexity index is 546. The van der Waals surface area contributed by atoms with E-state index in [4.69, 9.17) is 10.8 Å². The van der Waals surface area contributed by atoms with Crippen molar-refractivity contribution in [2.75, 3.05) is 19.7 Å². The molecular weight excluding hydrogens is 278 g/mol. The van der Waals surface area contributed by atoms with Crippen LogP contribution < -0.4 is 5.73 Å². The third-order valence-corrected chi connectivity index (χ3v) is 5.62. The van der Waals surface area contributed by atoms with Gasteiger partial charge in [-0.25, -0.2) is 8.42 Å². The first-order valence-electron chi connectivity index (χ1n) is 6.84. The van der Waals surface area contributed by atoms with Crippen LogP contribution in [0.1, 0.15) is 25.0 Å². The molecule has 1 aliphatic rings. The Labute approximate surface area is 119 Å². The van der Waals surface area contributed by atoms with E-state index < -0.39 is 10.0 Å². The zero-order valence-electron chi connectivity index (χ0n) is 11.4. The minimum absolute atomic E-state index is 0.0967. The summed E-state index contributed by atoms with van der Waals surface area (Å²) in [6.07, 6.45) is 3.97. The second-order valence-corrected chi connectivity index (χ2v) is 6.94. The SMILES string of the molecule is NCc1ncccc1S(=O)(=O)N1CCCC(CCO)C1. The smallest absolute Gasteiger partial charge is 0.244 e. The summed E-state index contributed by atoms with van der Waals surface area (Å²) in [5.41, 5.74) is 5.97. The van der Waals surface area contributed by atoms with Crippen LogP contribution in [0.5, 0.6) is 0 Å². The molecule has 1 unspecified atom stereocenters. The fourth-order valence-electron chi connectivity index (χ4n) is 2.61. The summed E-state index contributed by atoms with van der Waals surface area (Å²) < 4.78 is 26.9. The maximum Gasteiger partial charge on any atom is 0.244 e. The van der Waals surface area contributed by atoms with E-state index in [1.165, 1.54) is 4.31 Å². The van der Waals surface area contributed by atoms with Gasteiger partial charge in [0.2, 0.25) is 10.0 Å². The second kappa shape index (κ2) is 6.62. The molecular formula is C13H21N3O3S. The standard InChI is InChI=1S/C13H21N3O3S/c14-9-12-13(4-1-6-15-12)20(18,19)16-7-2-3-11(10-16)5-8-17/h1,4,6,11,17H,2-3,5,7-10,14H2. The van der Waals surface area contributed by atoms with Gasteiger partial charge in [-0.1, -0.05) is 0 Å². The third-order valence-electron chi connectivity index (χ3n) is 3.68. The highest BCUT2D eigenvalue weighted by Gasteiger charge is 2.31. The molecule has 0 amide bonds. The van der Waals surface area contributed by atoms with Crippen molar-refractivity contribution in [1.29, 1.82) is 0 Å². The Morgan fingerprint density at radius 1 is 1.50 bits per heavy atom. The quantitative estimate of drug-likeness (QED) is 0.816. The van der Waals surface area contributed by atoms with Crippen LogP contribution in [0.25, 0.3) is 0 Å². The van der Waals surface area contributed by atoms with Crippen LogP contribution >= 0.6 is 0 Å². The van der Waals surface area contributed by atoms with Crippen molar-refractivity contribution in [3.63, 3.8) is 0 Å². The molecule has 0 saturated carbocycles. The van der Waals surface area contributed by atoms with Crippen molar-refractivity contribution in [3.05, 3.63) is 24.0 Å². The lowest BCUT2D eigenvalue weighted by atomic mass is 9.97. The van der Waals surface area contributed by atoms with Gasteiger partial charge in [0, 0.05) is 32.4 Å². The number of nitrogens with zero attached hydrogens (tertiary/aromatic N) is 2. The highest BCUT2D eigenvalue weighted by atomic mass is 32.2.